The molecular weight excluding hydrogens is 316 g/mol. The average Bonchev–Trinajstić information content (AvgIpc) is 3.04. The van der Waals surface area contributed by atoms with Crippen LogP contribution in [0.5, 0.6) is 11.5 Å². The van der Waals surface area contributed by atoms with E-state index in [9.17, 15) is 5.11 Å². The smallest absolute Gasteiger partial charge is 0.138 e. The lowest BCUT2D eigenvalue weighted by Crippen LogP contribution is -2.11. The minimum atomic E-state index is -0.546. The van der Waals surface area contributed by atoms with Crippen LogP contribution in [0.15, 0.2) is 48.5 Å². The van der Waals surface area contributed by atoms with Crippen LogP contribution < -0.4 is 9.47 Å². The molecule has 3 aromatic rings. The van der Waals surface area contributed by atoms with Crippen LogP contribution in [0.4, 0.5) is 0 Å². The van der Waals surface area contributed by atoms with Gasteiger partial charge in [0.05, 0.1) is 24.8 Å². The number of hydrogen-bond donors (Lipinski definition) is 1. The van der Waals surface area contributed by atoms with Crippen molar-refractivity contribution in [3.8, 4) is 11.5 Å². The van der Waals surface area contributed by atoms with Crippen molar-refractivity contribution in [2.45, 2.75) is 32.4 Å². The van der Waals surface area contributed by atoms with E-state index in [0.717, 1.165) is 41.3 Å². The Bertz CT molecular complexity index is 811. The number of aliphatic hydroxyl groups excluding tert-OH is 1. The van der Waals surface area contributed by atoms with Crippen LogP contribution in [-0.2, 0) is 6.54 Å². The molecule has 1 N–H and O–H groups in total. The fourth-order valence-corrected chi connectivity index (χ4v) is 2.85. The van der Waals surface area contributed by atoms with Crippen LogP contribution in [0.25, 0.3) is 11.0 Å². The van der Waals surface area contributed by atoms with Gasteiger partial charge in [0.25, 0.3) is 0 Å². The first-order valence-corrected chi connectivity index (χ1v) is 8.63. The number of aliphatic hydroxyl groups is 1. The molecule has 0 bridgehead atoms. The van der Waals surface area contributed by atoms with Gasteiger partial charge in [0.2, 0.25) is 0 Å². The van der Waals surface area contributed by atoms with Gasteiger partial charge in [0.1, 0.15) is 23.4 Å². The van der Waals surface area contributed by atoms with Gasteiger partial charge in [-0.2, -0.15) is 0 Å². The van der Waals surface area contributed by atoms with Gasteiger partial charge >= 0.3 is 0 Å². The van der Waals surface area contributed by atoms with Gasteiger partial charge in [-0.25, -0.2) is 4.98 Å². The second-order valence-electron chi connectivity index (χ2n) is 5.91. The standard InChI is InChI=1S/C20H24N2O3/c1-3-19(23)20-21-17-7-4-5-8-18(17)22(20)13-6-14-25-16-11-9-15(24-2)10-12-16/h4-5,7-12,19,23H,3,6,13-14H2,1-2H3/t19-/m1/s1. The second kappa shape index (κ2) is 8.03. The second-order valence-corrected chi connectivity index (χ2v) is 5.91. The van der Waals surface area contributed by atoms with Crippen molar-refractivity contribution < 1.29 is 14.6 Å². The van der Waals surface area contributed by atoms with Gasteiger partial charge in [-0.1, -0.05) is 19.1 Å². The maximum atomic E-state index is 10.3. The Morgan fingerprint density at radius 3 is 2.52 bits per heavy atom. The first-order valence-electron chi connectivity index (χ1n) is 8.63. The number of methoxy groups -OCH3 is 1. The van der Waals surface area contributed by atoms with E-state index in [1.807, 2.05) is 55.5 Å². The molecule has 0 fully saturated rings. The monoisotopic (exact) mass is 340 g/mol. The third-order valence-corrected chi connectivity index (χ3v) is 4.22. The van der Waals surface area contributed by atoms with E-state index in [1.165, 1.54) is 0 Å². The molecule has 0 spiro atoms. The number of imidazole rings is 1. The third-order valence-electron chi connectivity index (χ3n) is 4.22. The van der Waals surface area contributed by atoms with Crippen LogP contribution in [0.2, 0.25) is 0 Å². The van der Waals surface area contributed by atoms with Gasteiger partial charge in [-0.05, 0) is 49.2 Å². The molecule has 1 atom stereocenters. The normalized spacial score (nSPS) is 12.3. The fraction of sp³-hybridized carbons (Fsp3) is 0.350. The summed E-state index contributed by atoms with van der Waals surface area (Å²) in [6.45, 7) is 3.31. The lowest BCUT2D eigenvalue weighted by atomic mass is 10.2. The van der Waals surface area contributed by atoms with Crippen molar-refractivity contribution in [2.24, 2.45) is 0 Å². The van der Waals surface area contributed by atoms with Crippen LogP contribution in [-0.4, -0.2) is 28.4 Å². The lowest BCUT2D eigenvalue weighted by molar-refractivity contribution is 0.158. The van der Waals surface area contributed by atoms with Gasteiger partial charge in [0.15, 0.2) is 0 Å². The van der Waals surface area contributed by atoms with Gasteiger partial charge in [-0.3, -0.25) is 0 Å². The summed E-state index contributed by atoms with van der Waals surface area (Å²) in [4.78, 5) is 4.60. The highest BCUT2D eigenvalue weighted by molar-refractivity contribution is 5.76. The third kappa shape index (κ3) is 3.94. The van der Waals surface area contributed by atoms with Gasteiger partial charge in [0, 0.05) is 6.54 Å². The minimum Gasteiger partial charge on any atom is -0.497 e. The van der Waals surface area contributed by atoms with E-state index in [4.69, 9.17) is 9.47 Å². The number of hydrogen-bond acceptors (Lipinski definition) is 4. The largest absolute Gasteiger partial charge is 0.497 e. The summed E-state index contributed by atoms with van der Waals surface area (Å²) in [7, 11) is 1.65. The number of nitrogens with zero attached hydrogens (tertiary/aromatic N) is 2. The first-order chi connectivity index (χ1) is 12.2. The molecule has 0 saturated heterocycles. The first kappa shape index (κ1) is 17.3. The number of rotatable bonds is 8. The Morgan fingerprint density at radius 1 is 1.08 bits per heavy atom. The molecule has 0 aliphatic carbocycles. The summed E-state index contributed by atoms with van der Waals surface area (Å²) >= 11 is 0. The predicted molar refractivity (Wildman–Crippen MR) is 98.1 cm³/mol. The van der Waals surface area contributed by atoms with Crippen LogP contribution in [0.3, 0.4) is 0 Å². The highest BCUT2D eigenvalue weighted by Gasteiger charge is 2.16. The number of ether oxygens (including phenoxy) is 2. The van der Waals surface area contributed by atoms with Gasteiger partial charge in [-0.15, -0.1) is 0 Å². The topological polar surface area (TPSA) is 56.5 Å². The maximum absolute atomic E-state index is 10.3. The summed E-state index contributed by atoms with van der Waals surface area (Å²) in [5.74, 6) is 2.37. The number of para-hydroxylation sites is 2. The molecule has 2 aromatic carbocycles. The van der Waals surface area contributed by atoms with Crippen molar-refractivity contribution in [3.05, 3.63) is 54.4 Å². The van der Waals surface area contributed by atoms with Crippen molar-refractivity contribution in [1.29, 1.82) is 0 Å². The number of aromatic nitrogens is 2. The predicted octanol–water partition coefficient (Wildman–Crippen LogP) is 3.96. The van der Waals surface area contributed by atoms with Crippen molar-refractivity contribution in [3.63, 3.8) is 0 Å². The van der Waals surface area contributed by atoms with E-state index < -0.39 is 6.10 Å². The number of benzene rings is 2. The quantitative estimate of drug-likeness (QED) is 0.631. The molecule has 0 aliphatic rings. The van der Waals surface area contributed by atoms with E-state index >= 15 is 0 Å². The molecule has 5 nitrogen and oxygen atoms in total. The summed E-state index contributed by atoms with van der Waals surface area (Å²) < 4.78 is 13.0. The average molecular weight is 340 g/mol. The highest BCUT2D eigenvalue weighted by atomic mass is 16.5. The summed E-state index contributed by atoms with van der Waals surface area (Å²) in [5, 5.41) is 10.3. The maximum Gasteiger partial charge on any atom is 0.138 e. The Kier molecular flexibility index (Phi) is 5.56. The Morgan fingerprint density at radius 2 is 1.80 bits per heavy atom. The fourth-order valence-electron chi connectivity index (χ4n) is 2.85. The zero-order chi connectivity index (χ0) is 17.6. The Hall–Kier alpha value is -2.53. The molecule has 25 heavy (non-hydrogen) atoms. The molecule has 0 unspecified atom stereocenters. The van der Waals surface area contributed by atoms with Crippen LogP contribution >= 0.6 is 0 Å². The zero-order valence-corrected chi connectivity index (χ0v) is 14.7. The van der Waals surface area contributed by atoms with E-state index in [0.29, 0.717) is 13.0 Å². The SMILES string of the molecule is CC[C@@H](O)c1nc2ccccc2n1CCCOc1ccc(OC)cc1. The molecule has 0 amide bonds. The summed E-state index contributed by atoms with van der Waals surface area (Å²) in [5.41, 5.74) is 1.97. The van der Waals surface area contributed by atoms with Crippen LogP contribution in [0, 0.1) is 0 Å². The lowest BCUT2D eigenvalue weighted by Gasteiger charge is -2.13. The van der Waals surface area contributed by atoms with E-state index in [1.54, 1.807) is 7.11 Å². The zero-order valence-electron chi connectivity index (χ0n) is 14.7. The van der Waals surface area contributed by atoms with Gasteiger partial charge < -0.3 is 19.1 Å². The molecular formula is C20H24N2O3. The van der Waals surface area contributed by atoms with Crippen molar-refractivity contribution >= 4 is 11.0 Å². The highest BCUT2D eigenvalue weighted by Crippen LogP contribution is 2.23. The Labute approximate surface area is 147 Å². The molecule has 132 valence electrons. The molecule has 0 aliphatic heterocycles. The molecule has 0 radical (unpaired) electrons. The minimum absolute atomic E-state index is 0.546. The molecule has 0 saturated carbocycles. The molecule has 1 aromatic heterocycles. The summed E-state index contributed by atoms with van der Waals surface area (Å²) in [6.07, 6.45) is 0.927. The van der Waals surface area contributed by atoms with Crippen molar-refractivity contribution in [1.82, 2.24) is 9.55 Å². The van der Waals surface area contributed by atoms with E-state index in [2.05, 4.69) is 9.55 Å². The van der Waals surface area contributed by atoms with Crippen LogP contribution in [0.1, 0.15) is 31.7 Å². The van der Waals surface area contributed by atoms with E-state index in [-0.39, 0.29) is 0 Å². The number of fused-ring (bicyclic) bond motifs is 1. The molecule has 3 rings (SSSR count). The van der Waals surface area contributed by atoms with Crippen molar-refractivity contribution in [2.75, 3.05) is 13.7 Å². The summed E-state index contributed by atoms with van der Waals surface area (Å²) in [6, 6.07) is 15.5. The molecule has 5 heteroatoms. The molecule has 1 heterocycles. The number of aryl methyl sites for hydroxylation is 1. The Balaban J connectivity index is 1.65.